The standard InChI is InChI=1S/C7H6BrN5/c8-5-1-10-2-6(9)7(5)13-4-11-3-12-13/h1-4H,9H2. The molecule has 0 aliphatic heterocycles. The summed E-state index contributed by atoms with van der Waals surface area (Å²) >= 11 is 3.34. The van der Waals surface area contributed by atoms with Gasteiger partial charge in [-0.1, -0.05) is 0 Å². The fraction of sp³-hybridized carbons (Fsp3) is 0. The maximum absolute atomic E-state index is 5.73. The molecule has 0 aromatic carbocycles. The summed E-state index contributed by atoms with van der Waals surface area (Å²) in [7, 11) is 0. The molecule has 66 valence electrons. The average molecular weight is 240 g/mol. The Kier molecular flexibility index (Phi) is 1.97. The van der Waals surface area contributed by atoms with Gasteiger partial charge in [0.25, 0.3) is 0 Å². The molecule has 0 aliphatic rings. The average Bonchev–Trinajstić information content (AvgIpc) is 2.57. The minimum Gasteiger partial charge on any atom is -0.396 e. The number of halogens is 1. The Morgan fingerprint density at radius 2 is 2.15 bits per heavy atom. The van der Waals surface area contributed by atoms with Gasteiger partial charge in [-0.25, -0.2) is 9.67 Å². The highest BCUT2D eigenvalue weighted by Crippen LogP contribution is 2.23. The second kappa shape index (κ2) is 3.14. The number of nitrogen functional groups attached to an aromatic ring is 1. The van der Waals surface area contributed by atoms with Crippen molar-refractivity contribution in [2.24, 2.45) is 0 Å². The Balaban J connectivity index is 2.64. The third kappa shape index (κ3) is 1.40. The Morgan fingerprint density at radius 1 is 1.31 bits per heavy atom. The molecule has 5 nitrogen and oxygen atoms in total. The zero-order valence-electron chi connectivity index (χ0n) is 6.55. The van der Waals surface area contributed by atoms with Gasteiger partial charge in [0.2, 0.25) is 0 Å². The Hall–Kier alpha value is -1.43. The van der Waals surface area contributed by atoms with Crippen LogP contribution < -0.4 is 5.73 Å². The van der Waals surface area contributed by atoms with Gasteiger partial charge in [0.15, 0.2) is 0 Å². The first-order valence-electron chi connectivity index (χ1n) is 3.53. The molecule has 2 rings (SSSR count). The van der Waals surface area contributed by atoms with E-state index in [-0.39, 0.29) is 0 Å². The largest absolute Gasteiger partial charge is 0.396 e. The van der Waals surface area contributed by atoms with Crippen LogP contribution in [-0.2, 0) is 0 Å². The van der Waals surface area contributed by atoms with E-state index in [0.717, 1.165) is 10.2 Å². The summed E-state index contributed by atoms with van der Waals surface area (Å²) in [6.07, 6.45) is 6.26. The van der Waals surface area contributed by atoms with Gasteiger partial charge in [-0.3, -0.25) is 4.98 Å². The van der Waals surface area contributed by atoms with Gasteiger partial charge in [-0.2, -0.15) is 5.10 Å². The van der Waals surface area contributed by atoms with Crippen LogP contribution in [0.2, 0.25) is 0 Å². The van der Waals surface area contributed by atoms with E-state index in [4.69, 9.17) is 5.73 Å². The highest BCUT2D eigenvalue weighted by Gasteiger charge is 2.06. The molecule has 0 bridgehead atoms. The monoisotopic (exact) mass is 239 g/mol. The highest BCUT2D eigenvalue weighted by atomic mass is 79.9. The molecule has 13 heavy (non-hydrogen) atoms. The van der Waals surface area contributed by atoms with Crippen LogP contribution in [-0.4, -0.2) is 19.7 Å². The first-order valence-corrected chi connectivity index (χ1v) is 4.32. The lowest BCUT2D eigenvalue weighted by molar-refractivity contribution is 0.874. The van der Waals surface area contributed by atoms with Crippen LogP contribution in [0.1, 0.15) is 0 Å². The fourth-order valence-electron chi connectivity index (χ4n) is 1.01. The van der Waals surface area contributed by atoms with Crippen molar-refractivity contribution in [3.63, 3.8) is 0 Å². The minimum atomic E-state index is 0.555. The number of hydrogen-bond donors (Lipinski definition) is 1. The maximum atomic E-state index is 5.73. The molecule has 2 aromatic heterocycles. The normalized spacial score (nSPS) is 10.2. The molecular weight excluding hydrogens is 234 g/mol. The third-order valence-electron chi connectivity index (χ3n) is 1.55. The van der Waals surface area contributed by atoms with E-state index in [2.05, 4.69) is 31.0 Å². The predicted octanol–water partition coefficient (Wildman–Crippen LogP) is 1.01. The minimum absolute atomic E-state index is 0.555. The van der Waals surface area contributed by atoms with Crippen molar-refractivity contribution in [3.8, 4) is 5.69 Å². The van der Waals surface area contributed by atoms with E-state index in [1.54, 1.807) is 23.4 Å². The van der Waals surface area contributed by atoms with Gasteiger partial charge >= 0.3 is 0 Å². The van der Waals surface area contributed by atoms with E-state index in [1.807, 2.05) is 0 Å². The van der Waals surface area contributed by atoms with Crippen LogP contribution in [0, 0.1) is 0 Å². The maximum Gasteiger partial charge on any atom is 0.138 e. The highest BCUT2D eigenvalue weighted by molar-refractivity contribution is 9.10. The molecule has 0 radical (unpaired) electrons. The van der Waals surface area contributed by atoms with Gasteiger partial charge in [0.1, 0.15) is 18.3 Å². The number of nitrogens with zero attached hydrogens (tertiary/aromatic N) is 4. The smallest absolute Gasteiger partial charge is 0.138 e. The van der Waals surface area contributed by atoms with Crippen molar-refractivity contribution < 1.29 is 0 Å². The zero-order valence-corrected chi connectivity index (χ0v) is 8.14. The lowest BCUT2D eigenvalue weighted by Gasteiger charge is -2.05. The summed E-state index contributed by atoms with van der Waals surface area (Å²) in [5, 5.41) is 3.98. The lowest BCUT2D eigenvalue weighted by Crippen LogP contribution is -2.01. The molecule has 2 aromatic rings. The molecule has 6 heteroatoms. The summed E-state index contributed by atoms with van der Waals surface area (Å²) < 4.78 is 2.37. The summed E-state index contributed by atoms with van der Waals surface area (Å²) in [5.74, 6) is 0. The third-order valence-corrected chi connectivity index (χ3v) is 2.13. The van der Waals surface area contributed by atoms with Gasteiger partial charge in [0.05, 0.1) is 16.4 Å². The lowest BCUT2D eigenvalue weighted by atomic mass is 10.3. The van der Waals surface area contributed by atoms with Crippen LogP contribution in [0.25, 0.3) is 5.69 Å². The molecule has 2 heterocycles. The van der Waals surface area contributed by atoms with Crippen molar-refractivity contribution in [1.82, 2.24) is 19.7 Å². The summed E-state index contributed by atoms with van der Waals surface area (Å²) in [6.45, 7) is 0. The quantitative estimate of drug-likeness (QED) is 0.807. The van der Waals surface area contributed by atoms with Gasteiger partial charge < -0.3 is 5.73 Å². The number of anilines is 1. The number of rotatable bonds is 1. The van der Waals surface area contributed by atoms with Crippen molar-refractivity contribution >= 4 is 21.6 Å². The fourth-order valence-corrected chi connectivity index (χ4v) is 1.54. The van der Waals surface area contributed by atoms with Crippen molar-refractivity contribution in [2.75, 3.05) is 5.73 Å². The molecule has 0 amide bonds. The molecule has 0 spiro atoms. The molecule has 0 fully saturated rings. The van der Waals surface area contributed by atoms with Crippen LogP contribution in [0.4, 0.5) is 5.69 Å². The SMILES string of the molecule is Nc1cncc(Br)c1-n1cncn1. The van der Waals surface area contributed by atoms with Crippen LogP contribution in [0.5, 0.6) is 0 Å². The number of aromatic nitrogens is 4. The Bertz CT molecular complexity index is 391. The van der Waals surface area contributed by atoms with Crippen molar-refractivity contribution in [1.29, 1.82) is 0 Å². The van der Waals surface area contributed by atoms with E-state index in [0.29, 0.717) is 5.69 Å². The van der Waals surface area contributed by atoms with E-state index >= 15 is 0 Å². The molecule has 0 saturated carbocycles. The van der Waals surface area contributed by atoms with E-state index in [9.17, 15) is 0 Å². The molecule has 0 atom stereocenters. The second-order valence-electron chi connectivity index (χ2n) is 2.40. The van der Waals surface area contributed by atoms with E-state index in [1.165, 1.54) is 6.33 Å². The zero-order chi connectivity index (χ0) is 9.26. The van der Waals surface area contributed by atoms with Gasteiger partial charge in [0, 0.05) is 6.20 Å². The topological polar surface area (TPSA) is 69.6 Å². The van der Waals surface area contributed by atoms with Crippen LogP contribution in [0.3, 0.4) is 0 Å². The molecule has 0 aliphatic carbocycles. The van der Waals surface area contributed by atoms with Crippen molar-refractivity contribution in [3.05, 3.63) is 29.5 Å². The number of nitrogens with two attached hydrogens (primary N) is 1. The molecule has 0 unspecified atom stereocenters. The van der Waals surface area contributed by atoms with Crippen molar-refractivity contribution in [2.45, 2.75) is 0 Å². The summed E-state index contributed by atoms with van der Waals surface area (Å²) in [6, 6.07) is 0. The predicted molar refractivity (Wildman–Crippen MR) is 51.3 cm³/mol. The summed E-state index contributed by atoms with van der Waals surface area (Å²) in [5.41, 5.74) is 7.04. The molecule has 0 saturated heterocycles. The first kappa shape index (κ1) is 8.18. The van der Waals surface area contributed by atoms with Gasteiger partial charge in [-0.15, -0.1) is 0 Å². The van der Waals surface area contributed by atoms with Crippen LogP contribution in [0.15, 0.2) is 29.5 Å². The number of pyridine rings is 1. The van der Waals surface area contributed by atoms with Crippen LogP contribution >= 0.6 is 15.9 Å². The number of hydrogen-bond acceptors (Lipinski definition) is 4. The first-order chi connectivity index (χ1) is 6.29. The van der Waals surface area contributed by atoms with E-state index < -0.39 is 0 Å². The Morgan fingerprint density at radius 3 is 2.77 bits per heavy atom. The molecule has 2 N–H and O–H groups in total. The second-order valence-corrected chi connectivity index (χ2v) is 3.25. The summed E-state index contributed by atoms with van der Waals surface area (Å²) in [4.78, 5) is 7.76. The van der Waals surface area contributed by atoms with Gasteiger partial charge in [-0.05, 0) is 15.9 Å². The molecular formula is C7H6BrN5. The Labute approximate surface area is 82.7 Å².